The number of methoxy groups -OCH3 is 1. The highest BCUT2D eigenvalue weighted by Gasteiger charge is 2.15. The van der Waals surface area contributed by atoms with E-state index in [0.717, 1.165) is 11.5 Å². The number of thioether (sulfide) groups is 1. The Balaban J connectivity index is 1.67. The zero-order chi connectivity index (χ0) is 16.5. The first-order valence-corrected chi connectivity index (χ1v) is 8.05. The first-order chi connectivity index (χ1) is 11.2. The van der Waals surface area contributed by atoms with Gasteiger partial charge in [-0.05, 0) is 37.3 Å². The van der Waals surface area contributed by atoms with Crippen molar-refractivity contribution in [2.24, 2.45) is 0 Å². The van der Waals surface area contributed by atoms with Gasteiger partial charge in [0.2, 0.25) is 5.91 Å². The molecular weight excluding hydrogens is 314 g/mol. The van der Waals surface area contributed by atoms with Crippen molar-refractivity contribution in [2.75, 3.05) is 20.3 Å². The monoisotopic (exact) mass is 333 g/mol. The summed E-state index contributed by atoms with van der Waals surface area (Å²) in [5.41, 5.74) is 0. The van der Waals surface area contributed by atoms with E-state index in [9.17, 15) is 4.79 Å². The summed E-state index contributed by atoms with van der Waals surface area (Å²) in [6, 6.07) is 9.04. The van der Waals surface area contributed by atoms with Gasteiger partial charge in [0.05, 0.1) is 18.9 Å². The summed E-state index contributed by atoms with van der Waals surface area (Å²) in [7, 11) is 1.62. The van der Waals surface area contributed by atoms with E-state index >= 15 is 0 Å². The number of carbonyl (C=O) groups is 1. The fraction of sp³-hybridized carbons (Fsp3) is 0.312. The Morgan fingerprint density at radius 1 is 1.22 bits per heavy atom. The van der Waals surface area contributed by atoms with Gasteiger partial charge in [0.15, 0.2) is 5.16 Å². The Morgan fingerprint density at radius 2 is 1.87 bits per heavy atom. The van der Waals surface area contributed by atoms with Crippen LogP contribution < -0.4 is 14.8 Å². The summed E-state index contributed by atoms with van der Waals surface area (Å²) in [4.78, 5) is 20.2. The average Bonchev–Trinajstić information content (AvgIpc) is 2.60. The number of benzene rings is 1. The number of aromatic nitrogens is 2. The van der Waals surface area contributed by atoms with Gasteiger partial charge in [-0.1, -0.05) is 11.8 Å². The number of ether oxygens (including phenoxy) is 2. The van der Waals surface area contributed by atoms with Crippen LogP contribution >= 0.6 is 11.8 Å². The molecule has 1 aromatic heterocycles. The van der Waals surface area contributed by atoms with E-state index < -0.39 is 0 Å². The van der Waals surface area contributed by atoms with Crippen molar-refractivity contribution in [1.82, 2.24) is 15.3 Å². The molecule has 23 heavy (non-hydrogen) atoms. The minimum atomic E-state index is -0.265. The standard InChI is InChI=1S/C16H19N3O3S/c1-12(23-16-18-8-3-9-19-16)15(20)17-10-11-22-14-6-4-13(21-2)5-7-14/h3-9,12H,10-11H2,1-2H3,(H,17,20). The Bertz CT molecular complexity index is 608. The molecule has 0 aliphatic heterocycles. The fourth-order valence-electron chi connectivity index (χ4n) is 1.72. The summed E-state index contributed by atoms with van der Waals surface area (Å²) in [6.45, 7) is 2.66. The minimum absolute atomic E-state index is 0.0687. The van der Waals surface area contributed by atoms with Crippen molar-refractivity contribution in [3.63, 3.8) is 0 Å². The topological polar surface area (TPSA) is 73.3 Å². The first-order valence-electron chi connectivity index (χ1n) is 7.17. The van der Waals surface area contributed by atoms with Gasteiger partial charge in [-0.25, -0.2) is 9.97 Å². The van der Waals surface area contributed by atoms with Crippen molar-refractivity contribution < 1.29 is 14.3 Å². The van der Waals surface area contributed by atoms with E-state index in [2.05, 4.69) is 15.3 Å². The maximum absolute atomic E-state index is 12.0. The summed E-state index contributed by atoms with van der Waals surface area (Å²) >= 11 is 1.32. The van der Waals surface area contributed by atoms with E-state index in [-0.39, 0.29) is 11.2 Å². The normalized spacial score (nSPS) is 11.6. The number of carbonyl (C=O) groups excluding carboxylic acids is 1. The Hall–Kier alpha value is -2.28. The van der Waals surface area contributed by atoms with E-state index in [1.165, 1.54) is 11.8 Å². The molecule has 0 aliphatic carbocycles. The molecule has 6 nitrogen and oxygen atoms in total. The molecule has 2 aromatic rings. The largest absolute Gasteiger partial charge is 0.497 e. The molecular formula is C16H19N3O3S. The third-order valence-electron chi connectivity index (χ3n) is 2.92. The van der Waals surface area contributed by atoms with Crippen molar-refractivity contribution >= 4 is 17.7 Å². The number of amides is 1. The van der Waals surface area contributed by atoms with Gasteiger partial charge in [-0.3, -0.25) is 4.79 Å². The maximum Gasteiger partial charge on any atom is 0.233 e. The predicted molar refractivity (Wildman–Crippen MR) is 88.8 cm³/mol. The van der Waals surface area contributed by atoms with Crippen LogP contribution in [0.5, 0.6) is 11.5 Å². The summed E-state index contributed by atoms with van der Waals surface area (Å²) in [5, 5.41) is 3.15. The molecule has 1 heterocycles. The molecule has 122 valence electrons. The first kappa shape index (κ1) is 17.1. The van der Waals surface area contributed by atoms with Gasteiger partial charge in [0.25, 0.3) is 0 Å². The third-order valence-corrected chi connectivity index (χ3v) is 3.91. The lowest BCUT2D eigenvalue weighted by Crippen LogP contribution is -2.34. The predicted octanol–water partition coefficient (Wildman–Crippen LogP) is 2.16. The SMILES string of the molecule is COc1ccc(OCCNC(=O)C(C)Sc2ncccn2)cc1. The third kappa shape index (κ3) is 5.78. The molecule has 0 saturated carbocycles. The lowest BCUT2D eigenvalue weighted by Gasteiger charge is -2.11. The summed E-state index contributed by atoms with van der Waals surface area (Å²) in [6.07, 6.45) is 3.31. The quantitative estimate of drug-likeness (QED) is 0.453. The lowest BCUT2D eigenvalue weighted by molar-refractivity contribution is -0.120. The Kier molecular flexibility index (Phi) is 6.68. The van der Waals surface area contributed by atoms with Crippen molar-refractivity contribution in [3.05, 3.63) is 42.7 Å². The molecule has 0 radical (unpaired) electrons. The Morgan fingerprint density at radius 3 is 2.52 bits per heavy atom. The van der Waals surface area contributed by atoms with Crippen molar-refractivity contribution in [1.29, 1.82) is 0 Å². The molecule has 1 aromatic carbocycles. The van der Waals surface area contributed by atoms with Crippen LogP contribution in [0.4, 0.5) is 0 Å². The summed E-state index contributed by atoms with van der Waals surface area (Å²) < 4.78 is 10.6. The van der Waals surface area contributed by atoms with Gasteiger partial charge in [-0.15, -0.1) is 0 Å². The van der Waals surface area contributed by atoms with Crippen molar-refractivity contribution in [3.8, 4) is 11.5 Å². The molecule has 0 fully saturated rings. The lowest BCUT2D eigenvalue weighted by atomic mass is 10.3. The highest BCUT2D eigenvalue weighted by Crippen LogP contribution is 2.18. The summed E-state index contributed by atoms with van der Waals surface area (Å²) in [5.74, 6) is 1.44. The van der Waals surface area contributed by atoms with Crippen LogP contribution in [-0.2, 0) is 4.79 Å². The number of nitrogens with zero attached hydrogens (tertiary/aromatic N) is 2. The van der Waals surface area contributed by atoms with Gasteiger partial charge >= 0.3 is 0 Å². The average molecular weight is 333 g/mol. The van der Waals surface area contributed by atoms with Crippen LogP contribution in [0.25, 0.3) is 0 Å². The van der Waals surface area contributed by atoms with E-state index in [1.807, 2.05) is 31.2 Å². The molecule has 0 aliphatic rings. The number of nitrogens with one attached hydrogen (secondary N) is 1. The number of rotatable bonds is 8. The van der Waals surface area contributed by atoms with Crippen LogP contribution in [-0.4, -0.2) is 41.4 Å². The zero-order valence-electron chi connectivity index (χ0n) is 13.1. The molecule has 1 amide bonds. The highest BCUT2D eigenvalue weighted by molar-refractivity contribution is 8.00. The molecule has 0 saturated heterocycles. The molecule has 1 N–H and O–H groups in total. The number of hydrogen-bond donors (Lipinski definition) is 1. The smallest absolute Gasteiger partial charge is 0.233 e. The fourth-order valence-corrected chi connectivity index (χ4v) is 2.47. The molecule has 7 heteroatoms. The van der Waals surface area contributed by atoms with Gasteiger partial charge < -0.3 is 14.8 Å². The van der Waals surface area contributed by atoms with Gasteiger partial charge in [0, 0.05) is 12.4 Å². The maximum atomic E-state index is 12.0. The Labute approximate surface area is 139 Å². The zero-order valence-corrected chi connectivity index (χ0v) is 13.9. The second-order valence-corrected chi connectivity index (χ2v) is 5.91. The molecule has 2 rings (SSSR count). The molecule has 1 unspecified atom stereocenters. The van der Waals surface area contributed by atoms with Crippen LogP contribution in [0.2, 0.25) is 0 Å². The second kappa shape index (κ2) is 8.99. The van der Waals surface area contributed by atoms with Crippen LogP contribution in [0.1, 0.15) is 6.92 Å². The molecule has 1 atom stereocenters. The van der Waals surface area contributed by atoms with E-state index in [1.54, 1.807) is 25.6 Å². The van der Waals surface area contributed by atoms with E-state index in [4.69, 9.17) is 9.47 Å². The van der Waals surface area contributed by atoms with Crippen LogP contribution in [0.15, 0.2) is 47.9 Å². The van der Waals surface area contributed by atoms with Crippen LogP contribution in [0, 0.1) is 0 Å². The van der Waals surface area contributed by atoms with Gasteiger partial charge in [0.1, 0.15) is 18.1 Å². The second-order valence-electron chi connectivity index (χ2n) is 4.61. The highest BCUT2D eigenvalue weighted by atomic mass is 32.2. The van der Waals surface area contributed by atoms with Crippen LogP contribution in [0.3, 0.4) is 0 Å². The molecule has 0 bridgehead atoms. The molecule has 0 spiro atoms. The minimum Gasteiger partial charge on any atom is -0.497 e. The van der Waals surface area contributed by atoms with Crippen molar-refractivity contribution in [2.45, 2.75) is 17.3 Å². The van der Waals surface area contributed by atoms with Gasteiger partial charge in [-0.2, -0.15) is 0 Å². The number of hydrogen-bond acceptors (Lipinski definition) is 6. The van der Waals surface area contributed by atoms with E-state index in [0.29, 0.717) is 18.3 Å².